The Kier molecular flexibility index (Phi) is 2.71. The molecule has 0 unspecified atom stereocenters. The van der Waals surface area contributed by atoms with Crippen LogP contribution in [0.25, 0.3) is 5.69 Å². The Morgan fingerprint density at radius 3 is 2.59 bits per heavy atom. The third-order valence-electron chi connectivity index (χ3n) is 2.72. The highest BCUT2D eigenvalue weighted by Crippen LogP contribution is 2.20. The second-order valence-electron chi connectivity index (χ2n) is 4.03. The number of nitrogens with zero attached hydrogens (tertiary/aromatic N) is 2. The fraction of sp³-hybridized carbons (Fsp3) is 0.231. The van der Waals surface area contributed by atoms with Gasteiger partial charge in [0.15, 0.2) is 5.78 Å². The highest BCUT2D eigenvalue weighted by molar-refractivity contribution is 5.96. The van der Waals surface area contributed by atoms with Crippen LogP contribution in [0.15, 0.2) is 24.3 Å². The van der Waals surface area contributed by atoms with Gasteiger partial charge in [0.2, 0.25) is 0 Å². The molecular weight excluding hydrogens is 216 g/mol. The Balaban J connectivity index is 2.62. The normalized spacial score (nSPS) is 10.5. The van der Waals surface area contributed by atoms with Crippen molar-refractivity contribution in [1.82, 2.24) is 9.78 Å². The number of hydrogen-bond acceptors (Lipinski definition) is 3. The molecule has 0 aliphatic heterocycles. The van der Waals surface area contributed by atoms with Gasteiger partial charge >= 0.3 is 0 Å². The first kappa shape index (κ1) is 11.4. The fourth-order valence-corrected chi connectivity index (χ4v) is 2.03. The number of phenolic OH excluding ortho intramolecular Hbond substituents is 1. The van der Waals surface area contributed by atoms with Gasteiger partial charge in [-0.2, -0.15) is 5.10 Å². The summed E-state index contributed by atoms with van der Waals surface area (Å²) in [7, 11) is 0. The molecule has 0 amide bonds. The van der Waals surface area contributed by atoms with Crippen molar-refractivity contribution in [3.63, 3.8) is 0 Å². The van der Waals surface area contributed by atoms with Crippen LogP contribution in [-0.2, 0) is 0 Å². The Morgan fingerprint density at radius 1 is 1.35 bits per heavy atom. The Morgan fingerprint density at radius 2 is 2.06 bits per heavy atom. The maximum atomic E-state index is 11.5. The number of rotatable bonds is 2. The second-order valence-corrected chi connectivity index (χ2v) is 4.03. The number of Topliss-reactive ketones (excluding diaryl/α,β-unsaturated/α-hetero) is 1. The quantitative estimate of drug-likeness (QED) is 0.806. The van der Waals surface area contributed by atoms with E-state index in [1.807, 2.05) is 19.9 Å². The van der Waals surface area contributed by atoms with Gasteiger partial charge in [0, 0.05) is 6.07 Å². The topological polar surface area (TPSA) is 55.1 Å². The van der Waals surface area contributed by atoms with E-state index in [0.717, 1.165) is 11.4 Å². The van der Waals surface area contributed by atoms with Crippen LogP contribution in [0.5, 0.6) is 5.75 Å². The van der Waals surface area contributed by atoms with Crippen LogP contribution < -0.4 is 0 Å². The number of aromatic nitrogens is 2. The summed E-state index contributed by atoms with van der Waals surface area (Å²) >= 11 is 0. The minimum absolute atomic E-state index is 0.00593. The highest BCUT2D eigenvalue weighted by atomic mass is 16.3. The summed E-state index contributed by atoms with van der Waals surface area (Å²) in [6, 6.07) is 6.79. The number of carbonyl (C=O) groups is 1. The number of aryl methyl sites for hydroxylation is 1. The Bertz CT molecular complexity index is 585. The molecule has 4 nitrogen and oxygen atoms in total. The van der Waals surface area contributed by atoms with Crippen molar-refractivity contribution in [2.75, 3.05) is 0 Å². The zero-order chi connectivity index (χ0) is 12.6. The van der Waals surface area contributed by atoms with Crippen LogP contribution in [0.3, 0.4) is 0 Å². The van der Waals surface area contributed by atoms with Crippen molar-refractivity contribution >= 4 is 5.78 Å². The van der Waals surface area contributed by atoms with E-state index in [1.165, 1.54) is 6.92 Å². The van der Waals surface area contributed by atoms with E-state index < -0.39 is 0 Å². The van der Waals surface area contributed by atoms with Gasteiger partial charge in [0.25, 0.3) is 0 Å². The lowest BCUT2D eigenvalue weighted by Gasteiger charge is -2.04. The standard InChI is InChI=1S/C13H14N2O2/c1-8-13(10(3)16)9(2)15(14-8)11-5-4-6-12(17)7-11/h4-7,17H,1-3H3. The minimum Gasteiger partial charge on any atom is -0.508 e. The number of hydrogen-bond donors (Lipinski definition) is 1. The van der Waals surface area contributed by atoms with Crippen molar-refractivity contribution in [3.05, 3.63) is 41.2 Å². The van der Waals surface area contributed by atoms with Gasteiger partial charge in [-0.25, -0.2) is 4.68 Å². The summed E-state index contributed by atoms with van der Waals surface area (Å²) in [5, 5.41) is 13.8. The van der Waals surface area contributed by atoms with Gasteiger partial charge in [-0.1, -0.05) is 6.07 Å². The van der Waals surface area contributed by atoms with Crippen molar-refractivity contribution in [2.24, 2.45) is 0 Å². The molecule has 4 heteroatoms. The van der Waals surface area contributed by atoms with E-state index in [1.54, 1.807) is 22.9 Å². The number of phenols is 1. The zero-order valence-electron chi connectivity index (χ0n) is 10.1. The first-order chi connectivity index (χ1) is 8.00. The summed E-state index contributed by atoms with van der Waals surface area (Å²) in [5.41, 5.74) is 2.89. The predicted molar refractivity (Wildman–Crippen MR) is 64.7 cm³/mol. The number of benzene rings is 1. The maximum absolute atomic E-state index is 11.5. The SMILES string of the molecule is CC(=O)c1c(C)nn(-c2cccc(O)c2)c1C. The molecule has 0 atom stereocenters. The molecule has 2 aromatic rings. The Labute approximate surface area is 99.5 Å². The molecule has 0 bridgehead atoms. The molecule has 1 N–H and O–H groups in total. The largest absolute Gasteiger partial charge is 0.508 e. The monoisotopic (exact) mass is 230 g/mol. The van der Waals surface area contributed by atoms with Gasteiger partial charge in [0.05, 0.1) is 22.6 Å². The van der Waals surface area contributed by atoms with E-state index >= 15 is 0 Å². The molecule has 1 aromatic carbocycles. The summed E-state index contributed by atoms with van der Waals surface area (Å²) in [6.07, 6.45) is 0. The van der Waals surface area contributed by atoms with Crippen LogP contribution in [0.2, 0.25) is 0 Å². The number of aromatic hydroxyl groups is 1. The Hall–Kier alpha value is -2.10. The molecule has 0 aliphatic carbocycles. The van der Waals surface area contributed by atoms with Crippen LogP contribution in [0.1, 0.15) is 28.7 Å². The second kappa shape index (κ2) is 4.05. The summed E-state index contributed by atoms with van der Waals surface area (Å²) < 4.78 is 1.67. The molecule has 0 aliphatic rings. The molecule has 0 radical (unpaired) electrons. The van der Waals surface area contributed by atoms with E-state index in [9.17, 15) is 9.90 Å². The van der Waals surface area contributed by atoms with E-state index in [2.05, 4.69) is 5.10 Å². The number of ketones is 1. The number of carbonyl (C=O) groups excluding carboxylic acids is 1. The lowest BCUT2D eigenvalue weighted by molar-refractivity contribution is 0.101. The van der Waals surface area contributed by atoms with Crippen LogP contribution >= 0.6 is 0 Å². The van der Waals surface area contributed by atoms with Gasteiger partial charge in [0.1, 0.15) is 5.75 Å². The van der Waals surface area contributed by atoms with E-state index in [0.29, 0.717) is 11.3 Å². The molecule has 1 heterocycles. The molecule has 0 saturated carbocycles. The van der Waals surface area contributed by atoms with Crippen LogP contribution in [-0.4, -0.2) is 20.7 Å². The van der Waals surface area contributed by atoms with Crippen molar-refractivity contribution in [2.45, 2.75) is 20.8 Å². The maximum Gasteiger partial charge on any atom is 0.163 e. The molecule has 1 aromatic heterocycles. The zero-order valence-corrected chi connectivity index (χ0v) is 10.1. The average molecular weight is 230 g/mol. The van der Waals surface area contributed by atoms with Crippen molar-refractivity contribution in [1.29, 1.82) is 0 Å². The third-order valence-corrected chi connectivity index (χ3v) is 2.72. The van der Waals surface area contributed by atoms with E-state index in [-0.39, 0.29) is 11.5 Å². The molecule has 17 heavy (non-hydrogen) atoms. The molecule has 0 fully saturated rings. The smallest absolute Gasteiger partial charge is 0.163 e. The molecular formula is C13H14N2O2. The predicted octanol–water partition coefficient (Wildman–Crippen LogP) is 2.40. The molecule has 2 rings (SSSR count). The summed E-state index contributed by atoms with van der Waals surface area (Å²) in [5.74, 6) is 0.186. The summed E-state index contributed by atoms with van der Waals surface area (Å²) in [6.45, 7) is 5.19. The van der Waals surface area contributed by atoms with Crippen LogP contribution in [0.4, 0.5) is 0 Å². The van der Waals surface area contributed by atoms with Gasteiger partial charge in [-0.3, -0.25) is 4.79 Å². The van der Waals surface area contributed by atoms with Gasteiger partial charge in [-0.15, -0.1) is 0 Å². The van der Waals surface area contributed by atoms with Gasteiger partial charge in [-0.05, 0) is 32.9 Å². The lowest BCUT2D eigenvalue weighted by Crippen LogP contribution is -2.00. The van der Waals surface area contributed by atoms with Crippen molar-refractivity contribution in [3.8, 4) is 11.4 Å². The summed E-state index contributed by atoms with van der Waals surface area (Å²) in [4.78, 5) is 11.5. The average Bonchev–Trinajstić information content (AvgIpc) is 2.54. The molecule has 0 saturated heterocycles. The van der Waals surface area contributed by atoms with Crippen LogP contribution in [0, 0.1) is 13.8 Å². The highest BCUT2D eigenvalue weighted by Gasteiger charge is 2.16. The fourth-order valence-electron chi connectivity index (χ4n) is 2.03. The lowest BCUT2D eigenvalue weighted by atomic mass is 10.1. The molecule has 88 valence electrons. The molecule has 0 spiro atoms. The van der Waals surface area contributed by atoms with Crippen molar-refractivity contribution < 1.29 is 9.90 Å². The minimum atomic E-state index is 0.00593. The van der Waals surface area contributed by atoms with E-state index in [4.69, 9.17) is 0 Å². The van der Waals surface area contributed by atoms with Gasteiger partial charge < -0.3 is 5.11 Å². The third kappa shape index (κ3) is 1.93. The first-order valence-electron chi connectivity index (χ1n) is 5.37. The first-order valence-corrected chi connectivity index (χ1v) is 5.37.